The van der Waals surface area contributed by atoms with E-state index >= 15 is 0 Å². The number of hydrogen-bond acceptors (Lipinski definition) is 5. The molecular weight excluding hydrogens is 222 g/mol. The van der Waals surface area contributed by atoms with Gasteiger partial charge in [0.2, 0.25) is 0 Å². The first-order chi connectivity index (χ1) is 8.09. The van der Waals surface area contributed by atoms with Gasteiger partial charge in [0.25, 0.3) is 0 Å². The van der Waals surface area contributed by atoms with E-state index in [-0.39, 0.29) is 24.6 Å². The highest BCUT2D eigenvalue weighted by Gasteiger charge is 2.52. The Morgan fingerprint density at radius 1 is 1.18 bits per heavy atom. The standard InChI is InChI=1S/C12H21NO4/c1-12(2)16-8-6-13-7-4-5-9(14-3)15-10(7)11(8)17-12/h7-11,13H,4-6H2,1-3H3/t7-,8+,9-,10-,11-/m1/s1. The molecule has 5 heteroatoms. The number of ether oxygens (including phenoxy) is 4. The highest BCUT2D eigenvalue weighted by Crippen LogP contribution is 2.37. The lowest BCUT2D eigenvalue weighted by atomic mass is 9.91. The Bertz CT molecular complexity index is 296. The summed E-state index contributed by atoms with van der Waals surface area (Å²) in [4.78, 5) is 0. The van der Waals surface area contributed by atoms with Crippen molar-refractivity contribution in [3.8, 4) is 0 Å². The van der Waals surface area contributed by atoms with Crippen LogP contribution >= 0.6 is 0 Å². The van der Waals surface area contributed by atoms with Crippen LogP contribution in [0.5, 0.6) is 0 Å². The van der Waals surface area contributed by atoms with Crippen LogP contribution in [-0.4, -0.2) is 50.1 Å². The van der Waals surface area contributed by atoms with Crippen LogP contribution in [0.4, 0.5) is 0 Å². The average molecular weight is 243 g/mol. The van der Waals surface area contributed by atoms with Gasteiger partial charge in [0, 0.05) is 19.7 Å². The molecule has 5 atom stereocenters. The van der Waals surface area contributed by atoms with Crippen molar-refractivity contribution in [3.05, 3.63) is 0 Å². The Labute approximate surface area is 102 Å². The zero-order valence-corrected chi connectivity index (χ0v) is 10.6. The fraction of sp³-hybridized carbons (Fsp3) is 1.00. The maximum Gasteiger partial charge on any atom is 0.163 e. The molecule has 3 aliphatic rings. The lowest BCUT2D eigenvalue weighted by Crippen LogP contribution is -2.62. The molecule has 0 radical (unpaired) electrons. The SMILES string of the molecule is CO[C@H]1CC[C@H]2NC[C@@H]3OC(C)(C)O[C@H]3[C@@H]2O1. The number of hydrogen-bond donors (Lipinski definition) is 1. The average Bonchev–Trinajstić information content (AvgIpc) is 2.63. The molecule has 0 spiro atoms. The summed E-state index contributed by atoms with van der Waals surface area (Å²) in [5.41, 5.74) is 0. The zero-order chi connectivity index (χ0) is 12.0. The molecule has 3 aliphatic heterocycles. The summed E-state index contributed by atoms with van der Waals surface area (Å²) >= 11 is 0. The summed E-state index contributed by atoms with van der Waals surface area (Å²) in [6, 6.07) is 0.361. The third-order valence-corrected chi connectivity index (χ3v) is 3.81. The lowest BCUT2D eigenvalue weighted by Gasteiger charge is -2.43. The highest BCUT2D eigenvalue weighted by molar-refractivity contribution is 5.00. The Balaban J connectivity index is 1.75. The van der Waals surface area contributed by atoms with Gasteiger partial charge in [-0.15, -0.1) is 0 Å². The Morgan fingerprint density at radius 2 is 2.00 bits per heavy atom. The molecule has 3 heterocycles. The second-order valence-corrected chi connectivity index (χ2v) is 5.50. The van der Waals surface area contributed by atoms with E-state index in [9.17, 15) is 0 Å². The summed E-state index contributed by atoms with van der Waals surface area (Å²) in [6.07, 6.45) is 2.04. The van der Waals surface area contributed by atoms with Crippen molar-refractivity contribution in [3.63, 3.8) is 0 Å². The molecule has 17 heavy (non-hydrogen) atoms. The van der Waals surface area contributed by atoms with Crippen LogP contribution < -0.4 is 5.32 Å². The van der Waals surface area contributed by atoms with Crippen molar-refractivity contribution in [1.29, 1.82) is 0 Å². The van der Waals surface area contributed by atoms with Gasteiger partial charge in [-0.3, -0.25) is 0 Å². The van der Waals surface area contributed by atoms with Gasteiger partial charge in [-0.25, -0.2) is 0 Å². The van der Waals surface area contributed by atoms with E-state index in [1.807, 2.05) is 13.8 Å². The first-order valence-electron chi connectivity index (χ1n) is 6.36. The summed E-state index contributed by atoms with van der Waals surface area (Å²) in [5, 5.41) is 3.49. The third kappa shape index (κ3) is 2.11. The van der Waals surface area contributed by atoms with Crippen LogP contribution in [0.15, 0.2) is 0 Å². The first kappa shape index (κ1) is 11.9. The number of piperidine rings is 1. The van der Waals surface area contributed by atoms with Gasteiger partial charge in [0.15, 0.2) is 12.1 Å². The van der Waals surface area contributed by atoms with Gasteiger partial charge in [-0.1, -0.05) is 0 Å². The molecule has 3 fully saturated rings. The number of fused-ring (bicyclic) bond motifs is 3. The highest BCUT2D eigenvalue weighted by atomic mass is 16.8. The number of rotatable bonds is 1. The minimum atomic E-state index is -0.505. The fourth-order valence-electron chi connectivity index (χ4n) is 3.08. The molecule has 3 saturated heterocycles. The van der Waals surface area contributed by atoms with Gasteiger partial charge >= 0.3 is 0 Å². The molecule has 0 aromatic rings. The monoisotopic (exact) mass is 243 g/mol. The maximum absolute atomic E-state index is 5.97. The van der Waals surface area contributed by atoms with E-state index in [2.05, 4.69) is 5.32 Å². The number of methoxy groups -OCH3 is 1. The molecule has 0 aromatic carbocycles. The van der Waals surface area contributed by atoms with E-state index in [0.717, 1.165) is 19.4 Å². The Hall–Kier alpha value is -0.200. The molecule has 5 nitrogen and oxygen atoms in total. The molecule has 0 saturated carbocycles. The molecule has 0 unspecified atom stereocenters. The normalized spacial score (nSPS) is 48.5. The second-order valence-electron chi connectivity index (χ2n) is 5.50. The molecule has 0 aliphatic carbocycles. The minimum Gasteiger partial charge on any atom is -0.356 e. The summed E-state index contributed by atoms with van der Waals surface area (Å²) in [7, 11) is 1.69. The van der Waals surface area contributed by atoms with Crippen LogP contribution in [-0.2, 0) is 18.9 Å². The maximum atomic E-state index is 5.97. The second kappa shape index (κ2) is 4.17. The van der Waals surface area contributed by atoms with Crippen LogP contribution in [0, 0.1) is 0 Å². The molecule has 0 aromatic heterocycles. The molecule has 0 bridgehead atoms. The molecule has 3 rings (SSSR count). The van der Waals surface area contributed by atoms with E-state index in [4.69, 9.17) is 18.9 Å². The molecule has 98 valence electrons. The van der Waals surface area contributed by atoms with Gasteiger partial charge < -0.3 is 24.3 Å². The summed E-state index contributed by atoms with van der Waals surface area (Å²) in [5.74, 6) is -0.505. The summed E-state index contributed by atoms with van der Waals surface area (Å²) < 4.78 is 23.1. The van der Waals surface area contributed by atoms with Crippen molar-refractivity contribution < 1.29 is 18.9 Å². The quantitative estimate of drug-likeness (QED) is 0.732. The zero-order valence-electron chi connectivity index (χ0n) is 10.6. The van der Waals surface area contributed by atoms with E-state index in [1.54, 1.807) is 7.11 Å². The van der Waals surface area contributed by atoms with Crippen molar-refractivity contribution in [2.24, 2.45) is 0 Å². The smallest absolute Gasteiger partial charge is 0.163 e. The van der Waals surface area contributed by atoms with Gasteiger partial charge in [0.1, 0.15) is 18.3 Å². The third-order valence-electron chi connectivity index (χ3n) is 3.81. The fourth-order valence-corrected chi connectivity index (χ4v) is 3.08. The largest absolute Gasteiger partial charge is 0.356 e. The molecule has 0 amide bonds. The predicted molar refractivity (Wildman–Crippen MR) is 60.5 cm³/mol. The Morgan fingerprint density at radius 3 is 2.76 bits per heavy atom. The van der Waals surface area contributed by atoms with Crippen LogP contribution in [0.2, 0.25) is 0 Å². The molecule has 1 N–H and O–H groups in total. The van der Waals surface area contributed by atoms with Gasteiger partial charge in [0.05, 0.1) is 0 Å². The predicted octanol–water partition coefficient (Wildman–Crippen LogP) is 0.630. The van der Waals surface area contributed by atoms with Gasteiger partial charge in [-0.2, -0.15) is 0 Å². The first-order valence-corrected chi connectivity index (χ1v) is 6.36. The van der Waals surface area contributed by atoms with Crippen molar-refractivity contribution in [1.82, 2.24) is 5.32 Å². The van der Waals surface area contributed by atoms with E-state index in [0.29, 0.717) is 6.04 Å². The lowest BCUT2D eigenvalue weighted by molar-refractivity contribution is -0.229. The summed E-state index contributed by atoms with van der Waals surface area (Å²) in [6.45, 7) is 4.75. The minimum absolute atomic E-state index is 0.0224. The van der Waals surface area contributed by atoms with E-state index < -0.39 is 5.79 Å². The van der Waals surface area contributed by atoms with Crippen molar-refractivity contribution in [2.45, 2.75) is 63.1 Å². The van der Waals surface area contributed by atoms with Crippen molar-refractivity contribution in [2.75, 3.05) is 13.7 Å². The number of nitrogens with one attached hydrogen (secondary N) is 1. The topological polar surface area (TPSA) is 49.0 Å². The van der Waals surface area contributed by atoms with Crippen molar-refractivity contribution >= 4 is 0 Å². The Kier molecular flexibility index (Phi) is 2.91. The van der Waals surface area contributed by atoms with Crippen LogP contribution in [0.25, 0.3) is 0 Å². The van der Waals surface area contributed by atoms with Crippen LogP contribution in [0.3, 0.4) is 0 Å². The van der Waals surface area contributed by atoms with Crippen LogP contribution in [0.1, 0.15) is 26.7 Å². The van der Waals surface area contributed by atoms with E-state index in [1.165, 1.54) is 0 Å². The molecular formula is C12H21NO4. The van der Waals surface area contributed by atoms with Gasteiger partial charge in [-0.05, 0) is 26.7 Å².